The maximum Gasteiger partial charge on any atom is 0.255 e. The van der Waals surface area contributed by atoms with Crippen LogP contribution in [-0.4, -0.2) is 16.1 Å². The lowest BCUT2D eigenvalue weighted by molar-refractivity contribution is 0.102. The number of nitrogens with zero attached hydrogens (tertiary/aromatic N) is 1. The van der Waals surface area contributed by atoms with Crippen molar-refractivity contribution in [1.29, 1.82) is 0 Å². The normalized spacial score (nSPS) is 10.7. The fraction of sp³-hybridized carbons (Fsp3) is 0.125. The lowest BCUT2D eigenvalue weighted by atomic mass is 10.1. The van der Waals surface area contributed by atoms with Crippen molar-refractivity contribution in [3.63, 3.8) is 0 Å². The van der Waals surface area contributed by atoms with Crippen molar-refractivity contribution in [2.24, 2.45) is 0 Å². The third-order valence-electron chi connectivity index (χ3n) is 3.41. The van der Waals surface area contributed by atoms with E-state index in [-0.39, 0.29) is 5.91 Å². The number of thiophene rings is 1. The molecule has 0 atom stereocenters. The van der Waals surface area contributed by atoms with Crippen molar-refractivity contribution >= 4 is 46.1 Å². The molecule has 3 aromatic rings. The van der Waals surface area contributed by atoms with E-state index in [1.165, 1.54) is 0 Å². The van der Waals surface area contributed by atoms with Gasteiger partial charge in [0.05, 0.1) is 21.4 Å². The highest BCUT2D eigenvalue weighted by atomic mass is 35.5. The zero-order valence-corrected chi connectivity index (χ0v) is 14.5. The predicted octanol–water partition coefficient (Wildman–Crippen LogP) is 5.26. The SMILES string of the molecule is CCc1[nH]nc(-c2ccsc2)c1NC(=O)c1ccc(Cl)c(Cl)c1. The molecule has 0 saturated carbocycles. The van der Waals surface area contributed by atoms with Crippen molar-refractivity contribution < 1.29 is 4.79 Å². The van der Waals surface area contributed by atoms with E-state index in [1.807, 2.05) is 23.8 Å². The van der Waals surface area contributed by atoms with Crippen molar-refractivity contribution in [1.82, 2.24) is 10.2 Å². The number of rotatable bonds is 4. The second-order valence-corrected chi connectivity index (χ2v) is 6.47. The number of anilines is 1. The first-order valence-corrected chi connectivity index (χ1v) is 8.66. The monoisotopic (exact) mass is 365 g/mol. The van der Waals surface area contributed by atoms with Crippen molar-refractivity contribution in [3.05, 3.63) is 56.3 Å². The zero-order chi connectivity index (χ0) is 16.4. The molecule has 4 nitrogen and oxygen atoms in total. The third kappa shape index (κ3) is 3.27. The molecule has 1 aromatic carbocycles. The van der Waals surface area contributed by atoms with Crippen LogP contribution < -0.4 is 5.32 Å². The van der Waals surface area contributed by atoms with Crippen molar-refractivity contribution in [2.45, 2.75) is 13.3 Å². The number of carbonyl (C=O) groups is 1. The molecular weight excluding hydrogens is 353 g/mol. The maximum atomic E-state index is 12.5. The first-order valence-electron chi connectivity index (χ1n) is 6.96. The van der Waals surface area contributed by atoms with Gasteiger partial charge in [-0.3, -0.25) is 9.89 Å². The van der Waals surface area contributed by atoms with Gasteiger partial charge in [-0.1, -0.05) is 30.1 Å². The van der Waals surface area contributed by atoms with Gasteiger partial charge in [-0.15, -0.1) is 0 Å². The number of hydrogen-bond donors (Lipinski definition) is 2. The molecule has 1 amide bonds. The molecule has 0 unspecified atom stereocenters. The van der Waals surface area contributed by atoms with E-state index >= 15 is 0 Å². The van der Waals surface area contributed by atoms with E-state index in [4.69, 9.17) is 23.2 Å². The third-order valence-corrected chi connectivity index (χ3v) is 4.83. The van der Waals surface area contributed by atoms with E-state index in [9.17, 15) is 4.79 Å². The Balaban J connectivity index is 1.94. The van der Waals surface area contributed by atoms with Crippen LogP contribution in [0.15, 0.2) is 35.0 Å². The van der Waals surface area contributed by atoms with Crippen LogP contribution in [-0.2, 0) is 6.42 Å². The number of carbonyl (C=O) groups excluding carboxylic acids is 1. The molecule has 7 heteroatoms. The molecule has 0 fully saturated rings. The van der Waals surface area contributed by atoms with E-state index in [0.717, 1.165) is 23.4 Å². The summed E-state index contributed by atoms with van der Waals surface area (Å²) in [6, 6.07) is 6.76. The molecule has 3 rings (SSSR count). The van der Waals surface area contributed by atoms with Crippen LogP contribution in [0.25, 0.3) is 11.3 Å². The van der Waals surface area contributed by atoms with Crippen LogP contribution in [0.5, 0.6) is 0 Å². The van der Waals surface area contributed by atoms with Crippen molar-refractivity contribution in [3.8, 4) is 11.3 Å². The fourth-order valence-electron chi connectivity index (χ4n) is 2.20. The zero-order valence-electron chi connectivity index (χ0n) is 12.2. The van der Waals surface area contributed by atoms with Gasteiger partial charge in [-0.05, 0) is 36.1 Å². The Morgan fingerprint density at radius 3 is 2.78 bits per heavy atom. The summed E-state index contributed by atoms with van der Waals surface area (Å²) in [5.41, 5.74) is 3.72. The quantitative estimate of drug-likeness (QED) is 0.662. The molecule has 0 saturated heterocycles. The second kappa shape index (κ2) is 6.74. The highest BCUT2D eigenvalue weighted by Crippen LogP contribution is 2.31. The van der Waals surface area contributed by atoms with Crippen molar-refractivity contribution in [2.75, 3.05) is 5.32 Å². The van der Waals surface area contributed by atoms with Gasteiger partial charge < -0.3 is 5.32 Å². The summed E-state index contributed by atoms with van der Waals surface area (Å²) < 4.78 is 0. The highest BCUT2D eigenvalue weighted by molar-refractivity contribution is 7.08. The molecule has 0 bridgehead atoms. The number of halogens is 2. The van der Waals surface area contributed by atoms with Crippen LogP contribution in [0.4, 0.5) is 5.69 Å². The number of H-pyrrole nitrogens is 1. The fourth-order valence-corrected chi connectivity index (χ4v) is 3.14. The lowest BCUT2D eigenvalue weighted by Crippen LogP contribution is -2.13. The number of nitrogens with one attached hydrogen (secondary N) is 2. The minimum absolute atomic E-state index is 0.254. The van der Waals surface area contributed by atoms with Gasteiger partial charge in [0.25, 0.3) is 5.91 Å². The van der Waals surface area contributed by atoms with Crippen LogP contribution in [0.2, 0.25) is 10.0 Å². The van der Waals surface area contributed by atoms with E-state index in [2.05, 4.69) is 15.5 Å². The standard InChI is InChI=1S/C16H13Cl2N3OS/c1-2-13-15(14(21-20-13)10-5-6-23-8-10)19-16(22)9-3-4-11(17)12(18)7-9/h3-8H,2H2,1H3,(H,19,22)(H,20,21). The van der Waals surface area contributed by atoms with E-state index < -0.39 is 0 Å². The number of hydrogen-bond acceptors (Lipinski definition) is 3. The molecule has 0 aliphatic heterocycles. The van der Waals surface area contributed by atoms with Crippen LogP contribution in [0.1, 0.15) is 23.0 Å². The topological polar surface area (TPSA) is 57.8 Å². The predicted molar refractivity (Wildman–Crippen MR) is 95.7 cm³/mol. The molecule has 2 heterocycles. The summed E-state index contributed by atoms with van der Waals surface area (Å²) in [4.78, 5) is 12.5. The van der Waals surface area contributed by atoms with Gasteiger partial charge >= 0.3 is 0 Å². The molecule has 2 aromatic heterocycles. The first kappa shape index (κ1) is 16.1. The molecule has 0 spiro atoms. The van der Waals surface area contributed by atoms with E-state index in [0.29, 0.717) is 21.3 Å². The van der Waals surface area contributed by atoms with Gasteiger partial charge in [0.2, 0.25) is 0 Å². The minimum Gasteiger partial charge on any atom is -0.319 e. The Morgan fingerprint density at radius 2 is 2.13 bits per heavy atom. The van der Waals surface area contributed by atoms with Gasteiger partial charge in [-0.25, -0.2) is 0 Å². The van der Waals surface area contributed by atoms with Crippen LogP contribution in [0.3, 0.4) is 0 Å². The molecule has 118 valence electrons. The van der Waals surface area contributed by atoms with Crippen LogP contribution >= 0.6 is 34.5 Å². The summed E-state index contributed by atoms with van der Waals surface area (Å²) in [6.45, 7) is 2.00. The summed E-state index contributed by atoms with van der Waals surface area (Å²) in [7, 11) is 0. The smallest absolute Gasteiger partial charge is 0.255 e. The average Bonchev–Trinajstić information content (AvgIpc) is 3.18. The Morgan fingerprint density at radius 1 is 1.30 bits per heavy atom. The molecule has 0 aliphatic carbocycles. The first-order chi connectivity index (χ1) is 11.1. The summed E-state index contributed by atoms with van der Waals surface area (Å²) >= 11 is 13.5. The Hall–Kier alpha value is -1.82. The number of aromatic amines is 1. The number of amides is 1. The molecule has 0 aliphatic rings. The largest absolute Gasteiger partial charge is 0.319 e. The molecule has 0 radical (unpaired) electrons. The molecule has 2 N–H and O–H groups in total. The van der Waals surface area contributed by atoms with Gasteiger partial charge in [0, 0.05) is 16.5 Å². The maximum absolute atomic E-state index is 12.5. The summed E-state index contributed by atoms with van der Waals surface area (Å²) in [6.07, 6.45) is 0.730. The number of aromatic nitrogens is 2. The average molecular weight is 366 g/mol. The highest BCUT2D eigenvalue weighted by Gasteiger charge is 2.18. The van der Waals surface area contributed by atoms with Gasteiger partial charge in [-0.2, -0.15) is 16.4 Å². The Labute approximate surface area is 147 Å². The Bertz CT molecular complexity index is 843. The molecule has 23 heavy (non-hydrogen) atoms. The number of benzene rings is 1. The summed E-state index contributed by atoms with van der Waals surface area (Å²) in [5, 5.41) is 15.0. The lowest BCUT2D eigenvalue weighted by Gasteiger charge is -2.08. The Kier molecular flexibility index (Phi) is 4.71. The minimum atomic E-state index is -0.254. The van der Waals surface area contributed by atoms with Gasteiger partial charge in [0.1, 0.15) is 5.69 Å². The second-order valence-electron chi connectivity index (χ2n) is 4.87. The van der Waals surface area contributed by atoms with Gasteiger partial charge in [0.15, 0.2) is 0 Å². The number of aryl methyl sites for hydroxylation is 1. The molecular formula is C16H13Cl2N3OS. The summed E-state index contributed by atoms with van der Waals surface area (Å²) in [5.74, 6) is -0.254. The van der Waals surface area contributed by atoms with E-state index in [1.54, 1.807) is 29.5 Å². The van der Waals surface area contributed by atoms with Crippen LogP contribution in [0, 0.1) is 0 Å².